The van der Waals surface area contributed by atoms with Crippen LogP contribution in [0.1, 0.15) is 33.4 Å². The maximum Gasteiger partial charge on any atom is 0.263 e. The number of halogens is 2. The largest absolute Gasteiger partial charge is 0.383 e. The second kappa shape index (κ2) is 13.0. The van der Waals surface area contributed by atoms with Gasteiger partial charge in [-0.3, -0.25) is 4.79 Å². The van der Waals surface area contributed by atoms with E-state index in [0.717, 1.165) is 17.2 Å². The van der Waals surface area contributed by atoms with E-state index in [-0.39, 0.29) is 36.8 Å². The van der Waals surface area contributed by atoms with Crippen LogP contribution in [0.4, 0.5) is 0 Å². The molecule has 1 amide bonds. The number of nitrogens with zero attached hydrogens (tertiary/aromatic N) is 1. The van der Waals surface area contributed by atoms with Gasteiger partial charge in [-0.05, 0) is 13.8 Å². The number of methoxy groups -OCH3 is 2. The van der Waals surface area contributed by atoms with Gasteiger partial charge in [-0.15, -0.1) is 36.2 Å². The molecule has 0 spiro atoms. The fraction of sp³-hybridized carbons (Fsp3) is 0.692. The summed E-state index contributed by atoms with van der Waals surface area (Å²) in [6.45, 7) is 6.50. The number of ether oxygens (including phenoxy) is 2. The highest BCUT2D eigenvalue weighted by Crippen LogP contribution is 2.25. The van der Waals surface area contributed by atoms with Crippen molar-refractivity contribution in [3.8, 4) is 0 Å². The van der Waals surface area contributed by atoms with E-state index >= 15 is 0 Å². The normalized spacial score (nSPS) is 11.3. The standard InChI is InChI=1S/C13H23N3O3S.2ClH/c1-9-11(20-13(16-9)10(2)19-4)12(17)15-6-5-14-7-8-18-3;;/h10,14H,5-8H2,1-4H3,(H,15,17);2*1H. The molecule has 1 aromatic rings. The zero-order valence-electron chi connectivity index (χ0n) is 13.3. The zero-order valence-corrected chi connectivity index (χ0v) is 15.8. The molecule has 0 aliphatic carbocycles. The molecule has 9 heteroatoms. The summed E-state index contributed by atoms with van der Waals surface area (Å²) in [6.07, 6.45) is -0.0871. The lowest BCUT2D eigenvalue weighted by molar-refractivity contribution is 0.0957. The molecule has 0 bridgehead atoms. The van der Waals surface area contributed by atoms with Crippen LogP contribution in [0.25, 0.3) is 0 Å². The highest BCUT2D eigenvalue weighted by atomic mass is 35.5. The number of aromatic nitrogens is 1. The van der Waals surface area contributed by atoms with Gasteiger partial charge >= 0.3 is 0 Å². The van der Waals surface area contributed by atoms with Gasteiger partial charge in [0.25, 0.3) is 5.91 Å². The summed E-state index contributed by atoms with van der Waals surface area (Å²) in [6, 6.07) is 0. The first-order valence-corrected chi connectivity index (χ1v) is 7.39. The maximum absolute atomic E-state index is 12.0. The quantitative estimate of drug-likeness (QED) is 0.647. The van der Waals surface area contributed by atoms with Gasteiger partial charge in [0.05, 0.1) is 12.3 Å². The number of aryl methyl sites for hydroxylation is 1. The fourth-order valence-corrected chi connectivity index (χ4v) is 2.56. The van der Waals surface area contributed by atoms with Crippen LogP contribution < -0.4 is 10.6 Å². The SMILES string of the molecule is COCCNCCNC(=O)c1sc(C(C)OC)nc1C.Cl.Cl. The van der Waals surface area contributed by atoms with E-state index in [9.17, 15) is 4.79 Å². The van der Waals surface area contributed by atoms with Crippen molar-refractivity contribution >= 4 is 42.1 Å². The molecular formula is C13H25Cl2N3O3S. The number of hydrogen-bond donors (Lipinski definition) is 2. The van der Waals surface area contributed by atoms with E-state index in [4.69, 9.17) is 9.47 Å². The maximum atomic E-state index is 12.0. The van der Waals surface area contributed by atoms with Gasteiger partial charge in [-0.25, -0.2) is 4.98 Å². The van der Waals surface area contributed by atoms with Gasteiger partial charge < -0.3 is 20.1 Å². The summed E-state index contributed by atoms with van der Waals surface area (Å²) < 4.78 is 10.1. The Morgan fingerprint density at radius 1 is 1.27 bits per heavy atom. The lowest BCUT2D eigenvalue weighted by Crippen LogP contribution is -2.33. The van der Waals surface area contributed by atoms with Gasteiger partial charge in [0.15, 0.2) is 0 Å². The van der Waals surface area contributed by atoms with Crippen LogP contribution in [0.2, 0.25) is 0 Å². The van der Waals surface area contributed by atoms with Crippen molar-refractivity contribution < 1.29 is 14.3 Å². The number of amides is 1. The summed E-state index contributed by atoms with van der Waals surface area (Å²) >= 11 is 1.38. The summed E-state index contributed by atoms with van der Waals surface area (Å²) in [5.74, 6) is -0.0805. The molecule has 1 heterocycles. The average molecular weight is 374 g/mol. The van der Waals surface area contributed by atoms with Gasteiger partial charge in [0.1, 0.15) is 16.0 Å². The molecule has 0 saturated heterocycles. The van der Waals surface area contributed by atoms with E-state index in [1.165, 1.54) is 11.3 Å². The van der Waals surface area contributed by atoms with Crippen LogP contribution in [0.5, 0.6) is 0 Å². The number of carbonyl (C=O) groups excluding carboxylic acids is 1. The Morgan fingerprint density at radius 3 is 2.55 bits per heavy atom. The van der Waals surface area contributed by atoms with Gasteiger partial charge in [0, 0.05) is 33.9 Å². The second-order valence-corrected chi connectivity index (χ2v) is 5.37. The minimum Gasteiger partial charge on any atom is -0.383 e. The first-order valence-electron chi connectivity index (χ1n) is 6.58. The molecule has 1 unspecified atom stereocenters. The lowest BCUT2D eigenvalue weighted by atomic mass is 10.3. The zero-order chi connectivity index (χ0) is 15.0. The van der Waals surface area contributed by atoms with E-state index in [1.807, 2.05) is 13.8 Å². The molecule has 0 aromatic carbocycles. The van der Waals surface area contributed by atoms with E-state index < -0.39 is 0 Å². The monoisotopic (exact) mass is 373 g/mol. The van der Waals surface area contributed by atoms with Crippen molar-refractivity contribution in [1.82, 2.24) is 15.6 Å². The molecule has 22 heavy (non-hydrogen) atoms. The molecule has 1 rings (SSSR count). The van der Waals surface area contributed by atoms with E-state index in [1.54, 1.807) is 14.2 Å². The Bertz CT molecular complexity index is 433. The molecule has 0 fully saturated rings. The molecule has 1 atom stereocenters. The average Bonchev–Trinajstić information content (AvgIpc) is 2.83. The highest BCUT2D eigenvalue weighted by Gasteiger charge is 2.17. The minimum absolute atomic E-state index is 0. The van der Waals surface area contributed by atoms with Crippen molar-refractivity contribution in [3.63, 3.8) is 0 Å². The molecule has 0 saturated carbocycles. The number of rotatable bonds is 9. The first-order chi connectivity index (χ1) is 9.60. The molecule has 2 N–H and O–H groups in total. The smallest absolute Gasteiger partial charge is 0.263 e. The van der Waals surface area contributed by atoms with Crippen molar-refractivity contribution in [1.29, 1.82) is 0 Å². The molecular weight excluding hydrogens is 349 g/mol. The molecule has 0 radical (unpaired) electrons. The highest BCUT2D eigenvalue weighted by molar-refractivity contribution is 7.13. The van der Waals surface area contributed by atoms with Crippen LogP contribution in [0.3, 0.4) is 0 Å². The predicted octanol–water partition coefficient (Wildman–Crippen LogP) is 1.97. The summed E-state index contributed by atoms with van der Waals surface area (Å²) in [5.41, 5.74) is 0.749. The number of thiazole rings is 1. The Hall–Kier alpha value is -0.440. The minimum atomic E-state index is -0.0871. The van der Waals surface area contributed by atoms with E-state index in [0.29, 0.717) is 24.6 Å². The second-order valence-electron chi connectivity index (χ2n) is 4.34. The third-order valence-electron chi connectivity index (χ3n) is 2.79. The van der Waals surface area contributed by atoms with Crippen LogP contribution in [-0.4, -0.2) is 51.4 Å². The Labute approximate surface area is 148 Å². The van der Waals surface area contributed by atoms with E-state index in [2.05, 4.69) is 15.6 Å². The molecule has 0 aliphatic heterocycles. The Balaban J connectivity index is 0. The summed E-state index contributed by atoms with van der Waals surface area (Å²) in [7, 11) is 3.29. The van der Waals surface area contributed by atoms with Crippen molar-refractivity contribution in [3.05, 3.63) is 15.6 Å². The van der Waals surface area contributed by atoms with Gasteiger partial charge in [-0.1, -0.05) is 0 Å². The molecule has 130 valence electrons. The van der Waals surface area contributed by atoms with Crippen molar-refractivity contribution in [2.45, 2.75) is 20.0 Å². The van der Waals surface area contributed by atoms with Crippen LogP contribution in [-0.2, 0) is 9.47 Å². The van der Waals surface area contributed by atoms with Crippen LogP contribution in [0, 0.1) is 6.92 Å². The van der Waals surface area contributed by atoms with Crippen LogP contribution >= 0.6 is 36.2 Å². The number of carbonyl (C=O) groups is 1. The third-order valence-corrected chi connectivity index (χ3v) is 4.11. The van der Waals surface area contributed by atoms with Crippen molar-refractivity contribution in [2.75, 3.05) is 40.5 Å². The summed E-state index contributed by atoms with van der Waals surface area (Å²) in [5, 5.41) is 6.87. The molecule has 0 aliphatic rings. The number of nitrogens with one attached hydrogen (secondary N) is 2. The van der Waals surface area contributed by atoms with Crippen LogP contribution in [0.15, 0.2) is 0 Å². The van der Waals surface area contributed by atoms with Crippen molar-refractivity contribution in [2.24, 2.45) is 0 Å². The molecule has 1 aromatic heterocycles. The first kappa shape index (κ1) is 23.8. The predicted molar refractivity (Wildman–Crippen MR) is 93.8 cm³/mol. The third kappa shape index (κ3) is 7.71. The fourth-order valence-electron chi connectivity index (χ4n) is 1.55. The Kier molecular flexibility index (Phi) is 14.1. The number of hydrogen-bond acceptors (Lipinski definition) is 6. The lowest BCUT2D eigenvalue weighted by Gasteiger charge is -2.05. The van der Waals surface area contributed by atoms with Gasteiger partial charge in [0.2, 0.25) is 0 Å². The van der Waals surface area contributed by atoms with Gasteiger partial charge in [-0.2, -0.15) is 0 Å². The summed E-state index contributed by atoms with van der Waals surface area (Å²) in [4.78, 5) is 17.1. The molecule has 6 nitrogen and oxygen atoms in total. The Morgan fingerprint density at radius 2 is 1.95 bits per heavy atom. The topological polar surface area (TPSA) is 72.5 Å².